The molecule has 0 saturated heterocycles. The van der Waals surface area contributed by atoms with E-state index in [4.69, 9.17) is 11.1 Å². The highest BCUT2D eigenvalue weighted by atomic mass is 19.4. The predicted octanol–water partition coefficient (Wildman–Crippen LogP) is 3.07. The van der Waals surface area contributed by atoms with Crippen molar-refractivity contribution in [3.8, 4) is 0 Å². The summed E-state index contributed by atoms with van der Waals surface area (Å²) in [6.07, 6.45) is -4.04. The summed E-state index contributed by atoms with van der Waals surface area (Å²) < 4.78 is 37.1. The monoisotopic (exact) mass is 216 g/mol. The number of hydrogen-bond donors (Lipinski definition) is 2. The summed E-state index contributed by atoms with van der Waals surface area (Å²) in [7, 11) is 0. The van der Waals surface area contributed by atoms with E-state index >= 15 is 0 Å². The molecule has 3 N–H and O–H groups in total. The number of nitrogen functional groups attached to an aromatic ring is 1. The number of halogens is 3. The van der Waals surface area contributed by atoms with Crippen molar-refractivity contribution in [1.29, 1.82) is 5.41 Å². The number of alkyl halides is 3. The van der Waals surface area contributed by atoms with E-state index in [9.17, 15) is 13.2 Å². The van der Waals surface area contributed by atoms with E-state index in [-0.39, 0.29) is 17.0 Å². The molecular formula is C10H11F3N2. The van der Waals surface area contributed by atoms with Gasteiger partial charge in [0.15, 0.2) is 0 Å². The molecule has 82 valence electrons. The molecule has 0 bridgehead atoms. The van der Waals surface area contributed by atoms with Gasteiger partial charge in [0.1, 0.15) is 0 Å². The Morgan fingerprint density at radius 2 is 2.00 bits per heavy atom. The Balaban J connectivity index is 3.23. The van der Waals surface area contributed by atoms with Crippen molar-refractivity contribution in [1.82, 2.24) is 0 Å². The van der Waals surface area contributed by atoms with Crippen molar-refractivity contribution >= 4 is 11.4 Å². The Morgan fingerprint density at radius 3 is 2.47 bits per heavy atom. The molecule has 2 nitrogen and oxygen atoms in total. The third kappa shape index (κ3) is 2.49. The molecule has 0 amide bonds. The van der Waals surface area contributed by atoms with Gasteiger partial charge >= 0.3 is 6.18 Å². The van der Waals surface area contributed by atoms with Gasteiger partial charge < -0.3 is 11.1 Å². The standard InChI is InChI=1S/C10H11F3N2/c1-2-8(14)7-5-6(10(11,12)13)3-4-9(7)15/h3-5,14H,2,15H2,1H3. The molecule has 5 heteroatoms. The lowest BCUT2D eigenvalue weighted by Crippen LogP contribution is -2.09. The average molecular weight is 216 g/mol. The summed E-state index contributed by atoms with van der Waals surface area (Å²) in [5.41, 5.74) is 5.20. The van der Waals surface area contributed by atoms with Gasteiger partial charge in [-0.1, -0.05) is 6.92 Å². The highest BCUT2D eigenvalue weighted by Crippen LogP contribution is 2.31. The highest BCUT2D eigenvalue weighted by Gasteiger charge is 2.31. The minimum Gasteiger partial charge on any atom is -0.398 e. The quantitative estimate of drug-likeness (QED) is 0.579. The second-order valence-corrected chi connectivity index (χ2v) is 3.13. The third-order valence-electron chi connectivity index (χ3n) is 2.06. The lowest BCUT2D eigenvalue weighted by molar-refractivity contribution is -0.137. The van der Waals surface area contributed by atoms with Gasteiger partial charge in [0.2, 0.25) is 0 Å². The van der Waals surface area contributed by atoms with Crippen molar-refractivity contribution < 1.29 is 13.2 Å². The topological polar surface area (TPSA) is 49.9 Å². The number of anilines is 1. The Bertz CT molecular complexity index is 383. The lowest BCUT2D eigenvalue weighted by Gasteiger charge is -2.11. The fraction of sp³-hybridized carbons (Fsp3) is 0.300. The molecular weight excluding hydrogens is 205 g/mol. The van der Waals surface area contributed by atoms with Crippen LogP contribution in [0.25, 0.3) is 0 Å². The highest BCUT2D eigenvalue weighted by molar-refractivity contribution is 6.02. The number of benzene rings is 1. The van der Waals surface area contributed by atoms with Crippen LogP contribution in [0.1, 0.15) is 24.5 Å². The van der Waals surface area contributed by atoms with Crippen LogP contribution >= 0.6 is 0 Å². The third-order valence-corrected chi connectivity index (χ3v) is 2.06. The second kappa shape index (κ2) is 3.92. The zero-order valence-corrected chi connectivity index (χ0v) is 8.15. The van der Waals surface area contributed by atoms with Crippen LogP contribution in [-0.2, 0) is 6.18 Å². The van der Waals surface area contributed by atoms with Crippen LogP contribution in [-0.4, -0.2) is 5.71 Å². The van der Waals surface area contributed by atoms with Crippen molar-refractivity contribution in [3.63, 3.8) is 0 Å². The van der Waals surface area contributed by atoms with E-state index in [0.717, 1.165) is 12.1 Å². The van der Waals surface area contributed by atoms with E-state index < -0.39 is 11.7 Å². The van der Waals surface area contributed by atoms with E-state index in [2.05, 4.69) is 0 Å². The van der Waals surface area contributed by atoms with Gasteiger partial charge in [0.25, 0.3) is 0 Å². The molecule has 0 saturated carbocycles. The number of rotatable bonds is 2. The molecule has 0 aliphatic carbocycles. The Labute approximate surface area is 85.4 Å². The first-order chi connectivity index (χ1) is 6.86. The number of hydrogen-bond acceptors (Lipinski definition) is 2. The Kier molecular flexibility index (Phi) is 3.02. The maximum absolute atomic E-state index is 12.4. The first-order valence-electron chi connectivity index (χ1n) is 4.40. The molecule has 0 aliphatic rings. The van der Waals surface area contributed by atoms with Gasteiger partial charge in [-0.05, 0) is 24.6 Å². The zero-order valence-electron chi connectivity index (χ0n) is 8.15. The van der Waals surface area contributed by atoms with Crippen LogP contribution in [0, 0.1) is 5.41 Å². The molecule has 0 aliphatic heterocycles. The van der Waals surface area contributed by atoms with Gasteiger partial charge in [0.05, 0.1) is 5.56 Å². The molecule has 1 rings (SSSR count). The Morgan fingerprint density at radius 1 is 1.40 bits per heavy atom. The largest absolute Gasteiger partial charge is 0.416 e. The van der Waals surface area contributed by atoms with Crippen molar-refractivity contribution in [2.24, 2.45) is 0 Å². The molecule has 0 unspecified atom stereocenters. The summed E-state index contributed by atoms with van der Waals surface area (Å²) in [5, 5.41) is 7.47. The second-order valence-electron chi connectivity index (χ2n) is 3.13. The fourth-order valence-electron chi connectivity index (χ4n) is 1.18. The van der Waals surface area contributed by atoms with Gasteiger partial charge in [-0.2, -0.15) is 13.2 Å². The molecule has 0 aromatic heterocycles. The van der Waals surface area contributed by atoms with Crippen LogP contribution in [0.5, 0.6) is 0 Å². The Hall–Kier alpha value is -1.52. The van der Waals surface area contributed by atoms with E-state index in [0.29, 0.717) is 6.42 Å². The van der Waals surface area contributed by atoms with Crippen LogP contribution in [0.2, 0.25) is 0 Å². The van der Waals surface area contributed by atoms with Crippen LogP contribution in [0.4, 0.5) is 18.9 Å². The van der Waals surface area contributed by atoms with Gasteiger partial charge in [0, 0.05) is 17.0 Å². The van der Waals surface area contributed by atoms with Crippen molar-refractivity contribution in [2.45, 2.75) is 19.5 Å². The van der Waals surface area contributed by atoms with E-state index in [1.807, 2.05) is 0 Å². The van der Waals surface area contributed by atoms with Crippen LogP contribution in [0.3, 0.4) is 0 Å². The van der Waals surface area contributed by atoms with Gasteiger partial charge in [-0.15, -0.1) is 0 Å². The predicted molar refractivity (Wildman–Crippen MR) is 53.0 cm³/mol. The smallest absolute Gasteiger partial charge is 0.398 e. The maximum atomic E-state index is 12.4. The molecule has 0 radical (unpaired) electrons. The summed E-state index contributed by atoms with van der Waals surface area (Å²) in [6.45, 7) is 1.70. The minimum atomic E-state index is -4.39. The molecule has 0 atom stereocenters. The fourth-order valence-corrected chi connectivity index (χ4v) is 1.18. The maximum Gasteiger partial charge on any atom is 0.416 e. The molecule has 15 heavy (non-hydrogen) atoms. The summed E-state index contributed by atoms with van der Waals surface area (Å²) in [5.74, 6) is 0. The first-order valence-corrected chi connectivity index (χ1v) is 4.40. The summed E-state index contributed by atoms with van der Waals surface area (Å²) >= 11 is 0. The first kappa shape index (κ1) is 11.6. The number of nitrogens with two attached hydrogens (primary N) is 1. The van der Waals surface area contributed by atoms with Crippen molar-refractivity contribution in [2.75, 3.05) is 5.73 Å². The van der Waals surface area contributed by atoms with Crippen molar-refractivity contribution in [3.05, 3.63) is 29.3 Å². The zero-order chi connectivity index (χ0) is 11.6. The molecule has 0 spiro atoms. The number of nitrogens with one attached hydrogen (secondary N) is 1. The summed E-state index contributed by atoms with van der Waals surface area (Å²) in [6, 6.07) is 3.02. The summed E-state index contributed by atoms with van der Waals surface area (Å²) in [4.78, 5) is 0. The van der Waals surface area contributed by atoms with E-state index in [1.54, 1.807) is 6.92 Å². The normalized spacial score (nSPS) is 11.5. The molecule has 1 aromatic rings. The molecule has 0 fully saturated rings. The SMILES string of the molecule is CCC(=N)c1cc(C(F)(F)F)ccc1N. The van der Waals surface area contributed by atoms with Crippen LogP contribution < -0.4 is 5.73 Å². The average Bonchev–Trinajstić information content (AvgIpc) is 2.15. The van der Waals surface area contributed by atoms with Crippen LogP contribution in [0.15, 0.2) is 18.2 Å². The minimum absolute atomic E-state index is 0.110. The van der Waals surface area contributed by atoms with Gasteiger partial charge in [-0.3, -0.25) is 0 Å². The lowest BCUT2D eigenvalue weighted by atomic mass is 10.0. The molecule has 0 heterocycles. The molecule has 1 aromatic carbocycles. The van der Waals surface area contributed by atoms with E-state index in [1.165, 1.54) is 6.07 Å². The van der Waals surface area contributed by atoms with Gasteiger partial charge in [-0.25, -0.2) is 0 Å².